The Balaban J connectivity index is 0. The summed E-state index contributed by atoms with van der Waals surface area (Å²) in [6, 6.07) is 0. The monoisotopic (exact) mass is 214 g/mol. The van der Waals surface area contributed by atoms with Crippen molar-refractivity contribution in [2.75, 3.05) is 5.75 Å². The van der Waals surface area contributed by atoms with Gasteiger partial charge in [-0.3, -0.25) is 4.55 Å². The van der Waals surface area contributed by atoms with E-state index in [0.29, 0.717) is 0 Å². The Morgan fingerprint density at radius 1 is 1.50 bits per heavy atom. The molecule has 0 heterocycles. The number of alkyl halides is 3. The molecule has 0 aromatic carbocycles. The molecule has 1 N–H and O–H groups in total. The van der Waals surface area contributed by atoms with Crippen molar-refractivity contribution in [1.29, 1.82) is 0 Å². The Labute approximate surface area is 85.8 Å². The second kappa shape index (κ2) is 5.98. The number of hydrogen-bond acceptors (Lipinski definition) is 2. The zero-order chi connectivity index (χ0) is 10.4. The van der Waals surface area contributed by atoms with Crippen LogP contribution in [-0.4, -0.2) is 50.1 Å². The molecule has 0 aliphatic carbocycles. The fourth-order valence-electron chi connectivity index (χ4n) is 0.149. The van der Waals surface area contributed by atoms with Gasteiger partial charge in [-0.25, -0.2) is 0 Å². The first-order valence-electron chi connectivity index (χ1n) is 2.69. The van der Waals surface area contributed by atoms with Crippen molar-refractivity contribution in [3.05, 3.63) is 12.7 Å². The Hall–Kier alpha value is 0.440. The van der Waals surface area contributed by atoms with Gasteiger partial charge in [0.1, 0.15) is 0 Å². The van der Waals surface area contributed by atoms with Gasteiger partial charge in [0.05, 0.1) is 5.75 Å². The van der Waals surface area contributed by atoms with Crippen LogP contribution in [0.25, 0.3) is 0 Å². The van der Waals surface area contributed by atoms with Crippen molar-refractivity contribution in [2.24, 2.45) is 0 Å². The topological polar surface area (TPSA) is 54.4 Å². The molecule has 12 heavy (non-hydrogen) atoms. The molecule has 0 aromatic heterocycles. The SMILES string of the molecule is C=CCS(=O)(=O)O.F[C](F)(F)[Na]. The zero-order valence-electron chi connectivity index (χ0n) is 6.30. The van der Waals surface area contributed by atoms with Crippen molar-refractivity contribution in [3.8, 4) is 0 Å². The molecule has 3 nitrogen and oxygen atoms in total. The van der Waals surface area contributed by atoms with E-state index in [1.807, 2.05) is 0 Å². The summed E-state index contributed by atoms with van der Waals surface area (Å²) in [7, 11) is -3.79. The molecule has 0 rings (SSSR count). The molecule has 8 heteroatoms. The van der Waals surface area contributed by atoms with Crippen LogP contribution in [0.2, 0.25) is 0 Å². The van der Waals surface area contributed by atoms with Gasteiger partial charge in [-0.2, -0.15) is 8.42 Å². The van der Waals surface area contributed by atoms with E-state index in [2.05, 4.69) is 6.58 Å². The number of halogens is 3. The molecule has 0 atom stereocenters. The first-order valence-corrected chi connectivity index (χ1v) is 5.30. The maximum absolute atomic E-state index is 10.4. The number of hydrogen-bond donors (Lipinski definition) is 1. The van der Waals surface area contributed by atoms with E-state index in [9.17, 15) is 21.6 Å². The van der Waals surface area contributed by atoms with Crippen molar-refractivity contribution >= 4 is 38.0 Å². The van der Waals surface area contributed by atoms with E-state index in [1.165, 1.54) is 0 Å². The standard InChI is InChI=1S/C3H6O3S.CF3.Na/c1-2-3-7(4,5)6;2-1(3)4;/h2H,1,3H2,(H,4,5,6);;. The summed E-state index contributed by atoms with van der Waals surface area (Å²) in [6.07, 6.45) is 1.12. The predicted octanol–water partition coefficient (Wildman–Crippen LogP) is 0.735. The summed E-state index contributed by atoms with van der Waals surface area (Å²) < 4.78 is 54.7. The first-order chi connectivity index (χ1) is 5.06. The average molecular weight is 214 g/mol. The van der Waals surface area contributed by atoms with Gasteiger partial charge in [0, 0.05) is 0 Å². The van der Waals surface area contributed by atoms with Gasteiger partial charge >= 0.3 is 44.5 Å². The van der Waals surface area contributed by atoms with Crippen molar-refractivity contribution < 1.29 is 26.1 Å². The summed E-state index contributed by atoms with van der Waals surface area (Å²) in [5, 5.41) is 0. The quantitative estimate of drug-likeness (QED) is 0.419. The summed E-state index contributed by atoms with van der Waals surface area (Å²) in [5.74, 6) is -0.368. The molecular formula is C4H6F3NaO3S. The van der Waals surface area contributed by atoms with Crippen LogP contribution < -0.4 is 0 Å². The average Bonchev–Trinajstić information content (AvgIpc) is 1.54. The Bertz CT molecular complexity index is 214. The van der Waals surface area contributed by atoms with Crippen LogP contribution >= 0.6 is 0 Å². The summed E-state index contributed by atoms with van der Waals surface area (Å²) in [6.45, 7) is 3.11. The Morgan fingerprint density at radius 3 is 1.75 bits per heavy atom. The van der Waals surface area contributed by atoms with E-state index < -0.39 is 41.5 Å². The van der Waals surface area contributed by atoms with Gasteiger partial charge in [-0.1, -0.05) is 6.08 Å². The van der Waals surface area contributed by atoms with Gasteiger partial charge in [-0.05, 0) is 0 Å². The van der Waals surface area contributed by atoms with Crippen LogP contribution in [-0.2, 0) is 10.1 Å². The summed E-state index contributed by atoms with van der Waals surface area (Å²) >= 11 is -0.692. The van der Waals surface area contributed by atoms with Gasteiger partial charge in [0.15, 0.2) is 0 Å². The van der Waals surface area contributed by atoms with Gasteiger partial charge < -0.3 is 0 Å². The van der Waals surface area contributed by atoms with E-state index >= 15 is 0 Å². The molecule has 68 valence electrons. The van der Waals surface area contributed by atoms with Crippen LogP contribution in [0.15, 0.2) is 12.7 Å². The Kier molecular flexibility index (Phi) is 7.44. The molecule has 0 radical (unpaired) electrons. The first kappa shape index (κ1) is 14.9. The third kappa shape index (κ3) is 47.2. The molecule has 0 fully saturated rings. The van der Waals surface area contributed by atoms with E-state index in [1.54, 1.807) is 0 Å². The summed E-state index contributed by atoms with van der Waals surface area (Å²) in [4.78, 5) is 0. The second-order valence-electron chi connectivity index (χ2n) is 1.82. The molecule has 0 saturated carbocycles. The molecule has 0 spiro atoms. The zero-order valence-corrected chi connectivity index (χ0v) is 9.11. The molecule has 0 amide bonds. The van der Waals surface area contributed by atoms with Crippen LogP contribution in [0.4, 0.5) is 13.2 Å². The van der Waals surface area contributed by atoms with Crippen LogP contribution in [0.3, 0.4) is 0 Å². The van der Waals surface area contributed by atoms with Crippen molar-refractivity contribution in [1.82, 2.24) is 0 Å². The summed E-state index contributed by atoms with van der Waals surface area (Å²) in [5.41, 5.74) is 0. The van der Waals surface area contributed by atoms with Crippen molar-refractivity contribution in [2.45, 2.75) is 3.43 Å². The molecule has 0 bridgehead atoms. The van der Waals surface area contributed by atoms with Gasteiger partial charge in [0.25, 0.3) is 10.1 Å². The molecular weight excluding hydrogens is 208 g/mol. The van der Waals surface area contributed by atoms with Gasteiger partial charge in [0.2, 0.25) is 0 Å². The third-order valence-electron chi connectivity index (χ3n) is 0.328. The minimum atomic E-state index is -3.86. The molecule has 0 aromatic rings. The van der Waals surface area contributed by atoms with Gasteiger partial charge in [-0.15, -0.1) is 6.58 Å². The van der Waals surface area contributed by atoms with Crippen LogP contribution in [0.1, 0.15) is 0 Å². The molecule has 0 aliphatic rings. The van der Waals surface area contributed by atoms with E-state index in [-0.39, 0.29) is 5.75 Å². The van der Waals surface area contributed by atoms with Crippen molar-refractivity contribution in [3.63, 3.8) is 0 Å². The maximum atomic E-state index is 10.4. The fourth-order valence-corrected chi connectivity index (χ4v) is 0.447. The third-order valence-corrected chi connectivity index (χ3v) is 0.985. The Morgan fingerprint density at radius 2 is 1.75 bits per heavy atom. The van der Waals surface area contributed by atoms with Crippen LogP contribution in [0, 0.1) is 0 Å². The normalized spacial score (nSPS) is 11.5. The minimum absolute atomic E-state index is 0.368. The van der Waals surface area contributed by atoms with E-state index in [0.717, 1.165) is 6.08 Å². The molecule has 0 unspecified atom stereocenters. The second-order valence-corrected chi connectivity index (χ2v) is 4.45. The predicted molar refractivity (Wildman–Crippen MR) is 38.4 cm³/mol. The molecule has 0 saturated heterocycles. The fraction of sp³-hybridized carbons (Fsp3) is 0.500. The number of rotatable bonds is 2. The van der Waals surface area contributed by atoms with Crippen LogP contribution in [0.5, 0.6) is 0 Å². The molecule has 0 aliphatic heterocycles. The van der Waals surface area contributed by atoms with E-state index in [4.69, 9.17) is 4.55 Å².